The van der Waals surface area contributed by atoms with Crippen LogP contribution in [0.3, 0.4) is 0 Å². The van der Waals surface area contributed by atoms with E-state index in [4.69, 9.17) is 4.74 Å². The Balaban J connectivity index is 1.95. The predicted molar refractivity (Wildman–Crippen MR) is 71.3 cm³/mol. The van der Waals surface area contributed by atoms with Crippen LogP contribution in [0.5, 0.6) is 5.75 Å². The van der Waals surface area contributed by atoms with Crippen LogP contribution in [0, 0.1) is 11.7 Å². The Bertz CT molecular complexity index is 407. The molecule has 1 saturated carbocycles. The summed E-state index contributed by atoms with van der Waals surface area (Å²) in [5.74, 6) is 0.852. The van der Waals surface area contributed by atoms with E-state index in [0.717, 1.165) is 11.5 Å². The Morgan fingerprint density at radius 1 is 1.50 bits per heavy atom. The molecular formula is C15H22FNO. The number of nitrogens with one attached hydrogen (secondary N) is 1. The second-order valence-corrected chi connectivity index (χ2v) is 5.17. The Morgan fingerprint density at radius 3 is 2.94 bits per heavy atom. The molecule has 0 bridgehead atoms. The van der Waals surface area contributed by atoms with Crippen LogP contribution >= 0.6 is 0 Å². The average Bonchev–Trinajstić information content (AvgIpc) is 3.08. The highest BCUT2D eigenvalue weighted by molar-refractivity contribution is 5.32. The van der Waals surface area contributed by atoms with Gasteiger partial charge in [-0.25, -0.2) is 4.39 Å². The summed E-state index contributed by atoms with van der Waals surface area (Å²) < 4.78 is 18.3. The molecule has 0 heterocycles. The van der Waals surface area contributed by atoms with Crippen molar-refractivity contribution in [2.45, 2.75) is 45.2 Å². The van der Waals surface area contributed by atoms with Crippen molar-refractivity contribution in [3.63, 3.8) is 0 Å². The van der Waals surface area contributed by atoms with E-state index in [1.165, 1.54) is 32.4 Å². The monoisotopic (exact) mass is 251 g/mol. The van der Waals surface area contributed by atoms with Gasteiger partial charge in [-0.05, 0) is 43.4 Å². The van der Waals surface area contributed by atoms with E-state index in [9.17, 15) is 4.39 Å². The zero-order valence-electron chi connectivity index (χ0n) is 11.4. The van der Waals surface area contributed by atoms with E-state index >= 15 is 0 Å². The zero-order valence-corrected chi connectivity index (χ0v) is 11.4. The van der Waals surface area contributed by atoms with E-state index in [2.05, 4.69) is 19.2 Å². The van der Waals surface area contributed by atoms with Gasteiger partial charge in [0.25, 0.3) is 0 Å². The normalized spacial score (nSPS) is 23.8. The molecular weight excluding hydrogens is 229 g/mol. The summed E-state index contributed by atoms with van der Waals surface area (Å²) in [5.41, 5.74) is 1.08. The Kier molecular flexibility index (Phi) is 4.23. The van der Waals surface area contributed by atoms with Gasteiger partial charge in [-0.1, -0.05) is 19.4 Å². The first-order chi connectivity index (χ1) is 8.65. The van der Waals surface area contributed by atoms with Crippen LogP contribution in [0.2, 0.25) is 0 Å². The molecule has 1 aromatic carbocycles. The highest BCUT2D eigenvalue weighted by Gasteiger charge is 2.36. The third-order valence-corrected chi connectivity index (χ3v) is 3.72. The van der Waals surface area contributed by atoms with Crippen LogP contribution in [-0.4, -0.2) is 13.2 Å². The number of hydrogen-bond acceptors (Lipinski definition) is 2. The van der Waals surface area contributed by atoms with Gasteiger partial charge >= 0.3 is 0 Å². The van der Waals surface area contributed by atoms with Crippen LogP contribution < -0.4 is 10.1 Å². The zero-order chi connectivity index (χ0) is 13.1. The van der Waals surface area contributed by atoms with E-state index in [1.807, 2.05) is 6.07 Å². The van der Waals surface area contributed by atoms with Crippen LogP contribution in [0.4, 0.5) is 4.39 Å². The van der Waals surface area contributed by atoms with Crippen molar-refractivity contribution in [3.05, 3.63) is 29.6 Å². The Labute approximate surface area is 109 Å². The first kappa shape index (κ1) is 13.3. The van der Waals surface area contributed by atoms with E-state index in [0.29, 0.717) is 11.8 Å². The van der Waals surface area contributed by atoms with Crippen molar-refractivity contribution in [1.82, 2.24) is 5.32 Å². The maximum atomic E-state index is 13.3. The molecule has 100 valence electrons. The quantitative estimate of drug-likeness (QED) is 0.833. The lowest BCUT2D eigenvalue weighted by Crippen LogP contribution is -2.22. The maximum Gasteiger partial charge on any atom is 0.165 e. The van der Waals surface area contributed by atoms with Crippen LogP contribution in [0.25, 0.3) is 0 Å². The van der Waals surface area contributed by atoms with Gasteiger partial charge < -0.3 is 10.1 Å². The topological polar surface area (TPSA) is 21.3 Å². The average molecular weight is 251 g/mol. The van der Waals surface area contributed by atoms with Crippen LogP contribution in [0.1, 0.15) is 44.7 Å². The summed E-state index contributed by atoms with van der Waals surface area (Å²) in [4.78, 5) is 0. The lowest BCUT2D eigenvalue weighted by atomic mass is 10.1. The second-order valence-electron chi connectivity index (χ2n) is 5.17. The standard InChI is InChI=1S/C15H22FNO/c1-4-5-12-8-14(12)17-10(2)11-6-7-13(16)15(9-11)18-3/h6-7,9-10,12,14,17H,4-5,8H2,1-3H3. The van der Waals surface area contributed by atoms with Crippen LogP contribution in [-0.2, 0) is 0 Å². The first-order valence-electron chi connectivity index (χ1n) is 6.75. The van der Waals surface area contributed by atoms with Crippen molar-refractivity contribution in [2.24, 2.45) is 5.92 Å². The van der Waals surface area contributed by atoms with Crippen molar-refractivity contribution in [1.29, 1.82) is 0 Å². The summed E-state index contributed by atoms with van der Waals surface area (Å²) in [5, 5.41) is 3.60. The molecule has 18 heavy (non-hydrogen) atoms. The number of halogens is 1. The summed E-state index contributed by atoms with van der Waals surface area (Å²) in [6, 6.07) is 5.96. The predicted octanol–water partition coefficient (Wildman–Crippen LogP) is 3.67. The molecule has 1 aromatic rings. The fourth-order valence-electron chi connectivity index (χ4n) is 2.50. The number of rotatable bonds is 6. The minimum atomic E-state index is -0.302. The van der Waals surface area contributed by atoms with Gasteiger partial charge in [0, 0.05) is 12.1 Å². The highest BCUT2D eigenvalue weighted by Crippen LogP contribution is 2.36. The fourth-order valence-corrected chi connectivity index (χ4v) is 2.50. The molecule has 3 heteroatoms. The van der Waals surface area contributed by atoms with E-state index in [1.54, 1.807) is 6.07 Å². The molecule has 0 saturated heterocycles. The van der Waals surface area contributed by atoms with Crippen molar-refractivity contribution in [3.8, 4) is 5.75 Å². The molecule has 0 spiro atoms. The molecule has 0 aromatic heterocycles. The van der Waals surface area contributed by atoms with Gasteiger partial charge in [-0.2, -0.15) is 0 Å². The maximum absolute atomic E-state index is 13.3. The first-order valence-corrected chi connectivity index (χ1v) is 6.75. The van der Waals surface area contributed by atoms with Gasteiger partial charge in [0.1, 0.15) is 0 Å². The second kappa shape index (κ2) is 5.70. The molecule has 1 aliphatic rings. The molecule has 2 rings (SSSR count). The number of ether oxygens (including phenoxy) is 1. The molecule has 1 aliphatic carbocycles. The van der Waals surface area contributed by atoms with E-state index in [-0.39, 0.29) is 11.9 Å². The smallest absolute Gasteiger partial charge is 0.165 e. The lowest BCUT2D eigenvalue weighted by Gasteiger charge is -2.15. The fraction of sp³-hybridized carbons (Fsp3) is 0.600. The summed E-state index contributed by atoms with van der Waals surface area (Å²) in [6.45, 7) is 4.34. The minimum Gasteiger partial charge on any atom is -0.494 e. The van der Waals surface area contributed by atoms with Gasteiger partial charge in [0.15, 0.2) is 11.6 Å². The number of hydrogen-bond donors (Lipinski definition) is 1. The molecule has 1 N–H and O–H groups in total. The van der Waals surface area contributed by atoms with Gasteiger partial charge in [-0.15, -0.1) is 0 Å². The summed E-state index contributed by atoms with van der Waals surface area (Å²) in [6.07, 6.45) is 3.83. The largest absolute Gasteiger partial charge is 0.494 e. The molecule has 0 aliphatic heterocycles. The SMILES string of the molecule is CCCC1CC1NC(C)c1ccc(F)c(OC)c1. The summed E-state index contributed by atoms with van der Waals surface area (Å²) >= 11 is 0. The Hall–Kier alpha value is -1.09. The number of methoxy groups -OCH3 is 1. The van der Waals surface area contributed by atoms with Crippen LogP contribution in [0.15, 0.2) is 18.2 Å². The Morgan fingerprint density at radius 2 is 2.28 bits per heavy atom. The lowest BCUT2D eigenvalue weighted by molar-refractivity contribution is 0.385. The third kappa shape index (κ3) is 3.02. The van der Waals surface area contributed by atoms with Gasteiger partial charge in [-0.3, -0.25) is 0 Å². The minimum absolute atomic E-state index is 0.242. The third-order valence-electron chi connectivity index (χ3n) is 3.72. The van der Waals surface area contributed by atoms with Crippen molar-refractivity contribution >= 4 is 0 Å². The molecule has 2 nitrogen and oxygen atoms in total. The highest BCUT2D eigenvalue weighted by atomic mass is 19.1. The number of benzene rings is 1. The summed E-state index contributed by atoms with van der Waals surface area (Å²) in [7, 11) is 1.50. The molecule has 1 fully saturated rings. The molecule has 3 atom stereocenters. The van der Waals surface area contributed by atoms with Crippen molar-refractivity contribution < 1.29 is 9.13 Å². The van der Waals surface area contributed by atoms with Gasteiger partial charge in [0.05, 0.1) is 7.11 Å². The molecule has 0 amide bonds. The van der Waals surface area contributed by atoms with Crippen molar-refractivity contribution in [2.75, 3.05) is 7.11 Å². The van der Waals surface area contributed by atoms with E-state index < -0.39 is 0 Å². The molecule has 3 unspecified atom stereocenters. The molecule has 0 radical (unpaired) electrons. The van der Waals surface area contributed by atoms with Gasteiger partial charge in [0.2, 0.25) is 0 Å².